The molecule has 8 heteroatoms. The van der Waals surface area contributed by atoms with E-state index in [2.05, 4.69) is 20.6 Å². The van der Waals surface area contributed by atoms with Gasteiger partial charge in [0, 0.05) is 30.8 Å². The summed E-state index contributed by atoms with van der Waals surface area (Å²) in [4.78, 5) is 33.6. The SMILES string of the molecule is O=C(NCc1ccncc1)c1nc(C(=O)Nc2cccc(F)c2)n2ccccc12. The molecule has 0 saturated carbocycles. The zero-order chi connectivity index (χ0) is 20.2. The minimum absolute atomic E-state index is 0.0268. The van der Waals surface area contributed by atoms with Gasteiger partial charge in [-0.25, -0.2) is 9.37 Å². The number of rotatable bonds is 5. The van der Waals surface area contributed by atoms with Crippen LogP contribution in [0.15, 0.2) is 73.2 Å². The third kappa shape index (κ3) is 3.96. The van der Waals surface area contributed by atoms with E-state index in [0.29, 0.717) is 17.7 Å². The van der Waals surface area contributed by atoms with Crippen molar-refractivity contribution in [1.29, 1.82) is 0 Å². The molecule has 0 fully saturated rings. The molecule has 0 saturated heterocycles. The molecule has 1 aromatic carbocycles. The van der Waals surface area contributed by atoms with E-state index < -0.39 is 17.6 Å². The second kappa shape index (κ2) is 7.89. The number of hydrogen-bond donors (Lipinski definition) is 2. The lowest BCUT2D eigenvalue weighted by molar-refractivity contribution is 0.0948. The molecule has 3 heterocycles. The highest BCUT2D eigenvalue weighted by atomic mass is 19.1. The van der Waals surface area contributed by atoms with E-state index in [1.165, 1.54) is 22.6 Å². The number of aromatic nitrogens is 3. The number of anilines is 1. The fraction of sp³-hybridized carbons (Fsp3) is 0.0476. The molecule has 2 N–H and O–H groups in total. The first kappa shape index (κ1) is 18.3. The van der Waals surface area contributed by atoms with Crippen LogP contribution >= 0.6 is 0 Å². The van der Waals surface area contributed by atoms with Gasteiger partial charge in [-0.1, -0.05) is 12.1 Å². The Bertz CT molecular complexity index is 1190. The molecule has 3 aromatic heterocycles. The second-order valence-corrected chi connectivity index (χ2v) is 6.24. The van der Waals surface area contributed by atoms with E-state index in [-0.39, 0.29) is 11.5 Å². The van der Waals surface area contributed by atoms with E-state index in [0.717, 1.165) is 5.56 Å². The van der Waals surface area contributed by atoms with E-state index in [1.807, 2.05) is 0 Å². The van der Waals surface area contributed by atoms with Crippen molar-refractivity contribution in [2.75, 3.05) is 5.32 Å². The molecule has 7 nitrogen and oxygen atoms in total. The summed E-state index contributed by atoms with van der Waals surface area (Å²) in [5.74, 6) is -1.40. The minimum Gasteiger partial charge on any atom is -0.347 e. The number of carbonyl (C=O) groups is 2. The number of amides is 2. The van der Waals surface area contributed by atoms with Crippen molar-refractivity contribution in [3.63, 3.8) is 0 Å². The number of benzene rings is 1. The van der Waals surface area contributed by atoms with Crippen molar-refractivity contribution in [3.8, 4) is 0 Å². The Balaban J connectivity index is 1.61. The topological polar surface area (TPSA) is 88.4 Å². The average molecular weight is 389 g/mol. The molecular weight excluding hydrogens is 373 g/mol. The molecule has 0 spiro atoms. The molecule has 0 radical (unpaired) electrons. The predicted molar refractivity (Wildman–Crippen MR) is 105 cm³/mol. The van der Waals surface area contributed by atoms with E-state index in [4.69, 9.17) is 0 Å². The van der Waals surface area contributed by atoms with Crippen molar-refractivity contribution in [2.24, 2.45) is 0 Å². The van der Waals surface area contributed by atoms with Gasteiger partial charge < -0.3 is 10.6 Å². The number of imidazole rings is 1. The molecule has 0 aliphatic carbocycles. The van der Waals surface area contributed by atoms with Crippen LogP contribution in [0.4, 0.5) is 10.1 Å². The number of pyridine rings is 2. The van der Waals surface area contributed by atoms with Crippen LogP contribution in [-0.2, 0) is 6.54 Å². The zero-order valence-corrected chi connectivity index (χ0v) is 15.2. The molecular formula is C21H16FN5O2. The molecule has 29 heavy (non-hydrogen) atoms. The van der Waals surface area contributed by atoms with Gasteiger partial charge >= 0.3 is 0 Å². The van der Waals surface area contributed by atoms with Crippen molar-refractivity contribution in [3.05, 3.63) is 96.1 Å². The van der Waals surface area contributed by atoms with Crippen molar-refractivity contribution in [1.82, 2.24) is 19.7 Å². The summed E-state index contributed by atoms with van der Waals surface area (Å²) in [5, 5.41) is 5.39. The predicted octanol–water partition coefficient (Wildman–Crippen LogP) is 3.05. The third-order valence-electron chi connectivity index (χ3n) is 4.25. The number of carbonyl (C=O) groups excluding carboxylic acids is 2. The van der Waals surface area contributed by atoms with E-state index in [1.54, 1.807) is 55.0 Å². The second-order valence-electron chi connectivity index (χ2n) is 6.24. The maximum atomic E-state index is 13.4. The molecule has 4 aromatic rings. The van der Waals surface area contributed by atoms with Crippen LogP contribution in [-0.4, -0.2) is 26.2 Å². The highest BCUT2D eigenvalue weighted by molar-refractivity contribution is 6.06. The molecule has 2 amide bonds. The van der Waals surface area contributed by atoms with E-state index >= 15 is 0 Å². The van der Waals surface area contributed by atoms with Gasteiger partial charge in [0.05, 0.1) is 5.52 Å². The van der Waals surface area contributed by atoms with Crippen LogP contribution in [0.1, 0.15) is 26.7 Å². The summed E-state index contributed by atoms with van der Waals surface area (Å²) in [5.41, 5.74) is 1.81. The summed E-state index contributed by atoms with van der Waals surface area (Å²) in [6, 6.07) is 14.3. The first-order chi connectivity index (χ1) is 14.1. The molecule has 0 atom stereocenters. The Morgan fingerprint density at radius 1 is 1.00 bits per heavy atom. The van der Waals surface area contributed by atoms with Gasteiger partial charge in [0.15, 0.2) is 5.69 Å². The number of fused-ring (bicyclic) bond motifs is 1. The normalized spacial score (nSPS) is 10.7. The third-order valence-corrected chi connectivity index (χ3v) is 4.25. The van der Waals surface area contributed by atoms with Gasteiger partial charge in [-0.05, 0) is 48.0 Å². The van der Waals surface area contributed by atoms with Crippen LogP contribution in [0.25, 0.3) is 5.52 Å². The van der Waals surface area contributed by atoms with Crippen LogP contribution in [0.3, 0.4) is 0 Å². The molecule has 144 valence electrons. The Hall–Kier alpha value is -4.07. The van der Waals surface area contributed by atoms with Crippen molar-refractivity contribution < 1.29 is 14.0 Å². The summed E-state index contributed by atoms with van der Waals surface area (Å²) < 4.78 is 14.9. The smallest absolute Gasteiger partial charge is 0.292 e. The van der Waals surface area contributed by atoms with Gasteiger partial charge in [-0.15, -0.1) is 0 Å². The maximum Gasteiger partial charge on any atom is 0.292 e. The highest BCUT2D eigenvalue weighted by Crippen LogP contribution is 2.16. The van der Waals surface area contributed by atoms with Crippen LogP contribution < -0.4 is 10.6 Å². The fourth-order valence-electron chi connectivity index (χ4n) is 2.89. The standard InChI is InChI=1S/C21H16FN5O2/c22-15-4-3-5-16(12-15)25-21(29)19-26-18(17-6-1-2-11-27(17)19)20(28)24-13-14-7-9-23-10-8-14/h1-12H,13H2,(H,24,28)(H,25,29). The minimum atomic E-state index is -0.551. The molecule has 0 aliphatic heterocycles. The van der Waals surface area contributed by atoms with Crippen LogP contribution in [0.2, 0.25) is 0 Å². The summed E-state index contributed by atoms with van der Waals surface area (Å²) >= 11 is 0. The Morgan fingerprint density at radius 2 is 1.83 bits per heavy atom. The molecule has 0 unspecified atom stereocenters. The zero-order valence-electron chi connectivity index (χ0n) is 15.2. The molecule has 0 bridgehead atoms. The van der Waals surface area contributed by atoms with Crippen molar-refractivity contribution >= 4 is 23.0 Å². The van der Waals surface area contributed by atoms with Gasteiger partial charge in [-0.2, -0.15) is 0 Å². The first-order valence-corrected chi connectivity index (χ1v) is 8.83. The number of nitrogens with one attached hydrogen (secondary N) is 2. The lowest BCUT2D eigenvalue weighted by Crippen LogP contribution is -2.23. The highest BCUT2D eigenvalue weighted by Gasteiger charge is 2.21. The van der Waals surface area contributed by atoms with Gasteiger partial charge in [0.1, 0.15) is 5.82 Å². The van der Waals surface area contributed by atoms with Crippen LogP contribution in [0, 0.1) is 5.82 Å². The van der Waals surface area contributed by atoms with E-state index in [9.17, 15) is 14.0 Å². The number of nitrogens with zero attached hydrogens (tertiary/aromatic N) is 3. The van der Waals surface area contributed by atoms with Crippen LogP contribution in [0.5, 0.6) is 0 Å². The van der Waals surface area contributed by atoms with Gasteiger partial charge in [-0.3, -0.25) is 19.0 Å². The monoisotopic (exact) mass is 389 g/mol. The number of halogens is 1. The lowest BCUT2D eigenvalue weighted by atomic mass is 10.2. The lowest BCUT2D eigenvalue weighted by Gasteiger charge is -2.04. The summed E-state index contributed by atoms with van der Waals surface area (Å²) in [6.45, 7) is 0.304. The molecule has 0 aliphatic rings. The van der Waals surface area contributed by atoms with Gasteiger partial charge in [0.25, 0.3) is 11.8 Å². The maximum absolute atomic E-state index is 13.4. The Morgan fingerprint density at radius 3 is 2.62 bits per heavy atom. The van der Waals surface area contributed by atoms with Crippen molar-refractivity contribution in [2.45, 2.75) is 6.54 Å². The summed E-state index contributed by atoms with van der Waals surface area (Å²) in [7, 11) is 0. The summed E-state index contributed by atoms with van der Waals surface area (Å²) in [6.07, 6.45) is 4.92. The quantitative estimate of drug-likeness (QED) is 0.549. The molecule has 4 rings (SSSR count). The fourth-order valence-corrected chi connectivity index (χ4v) is 2.89. The first-order valence-electron chi connectivity index (χ1n) is 8.83. The Labute approximate surface area is 165 Å². The largest absolute Gasteiger partial charge is 0.347 e. The average Bonchev–Trinajstić information content (AvgIpc) is 3.13. The number of hydrogen-bond acceptors (Lipinski definition) is 4. The Kier molecular flexibility index (Phi) is 4.98. The van der Waals surface area contributed by atoms with Gasteiger partial charge in [0.2, 0.25) is 5.82 Å².